The molecule has 0 atom stereocenters. The summed E-state index contributed by atoms with van der Waals surface area (Å²) in [5, 5.41) is 2.00. The molecule has 1 aromatic rings. The summed E-state index contributed by atoms with van der Waals surface area (Å²) in [4.78, 5) is 10.5. The van der Waals surface area contributed by atoms with Gasteiger partial charge in [0.05, 0.1) is 11.4 Å². The second kappa shape index (κ2) is 3.84. The van der Waals surface area contributed by atoms with Crippen LogP contribution in [0, 0.1) is 0 Å². The molecule has 0 unspecified atom stereocenters. The third-order valence-electron chi connectivity index (χ3n) is 1.42. The lowest BCUT2D eigenvalue weighted by Gasteiger charge is -2.06. The highest BCUT2D eigenvalue weighted by molar-refractivity contribution is 5.95. The first-order valence-electron chi connectivity index (χ1n) is 3.55. The minimum atomic E-state index is -3.03. The van der Waals surface area contributed by atoms with Crippen molar-refractivity contribution in [2.24, 2.45) is 0 Å². The summed E-state index contributed by atoms with van der Waals surface area (Å²) < 4.78 is 23.6. The second-order valence-corrected chi connectivity index (χ2v) is 2.38. The van der Waals surface area contributed by atoms with Gasteiger partial charge in [0, 0.05) is 0 Å². The largest absolute Gasteiger partial charge is 0.397 e. The number of para-hydroxylation sites is 2. The maximum Gasteiger partial charge on any atom is 0.315 e. The smallest absolute Gasteiger partial charge is 0.315 e. The fraction of sp³-hybridized carbons (Fsp3) is 0.125. The van der Waals surface area contributed by atoms with Crippen molar-refractivity contribution in [2.45, 2.75) is 6.43 Å². The number of alkyl halides is 2. The van der Waals surface area contributed by atoms with Gasteiger partial charge in [-0.25, -0.2) is 0 Å². The maximum atomic E-state index is 11.8. The number of benzene rings is 1. The molecule has 0 aromatic heterocycles. The zero-order valence-corrected chi connectivity index (χ0v) is 6.63. The molecule has 1 rings (SSSR count). The Labute approximate surface area is 73.5 Å². The highest BCUT2D eigenvalue weighted by atomic mass is 19.3. The quantitative estimate of drug-likeness (QED) is 0.687. The standard InChI is InChI=1S/C8H8F2N2O/c9-7(10)8(13)12-6-4-2-1-3-5(6)11/h1-4,7H,11H2,(H,12,13). The van der Waals surface area contributed by atoms with Crippen LogP contribution in [0.2, 0.25) is 0 Å². The third-order valence-corrected chi connectivity index (χ3v) is 1.42. The molecule has 5 heteroatoms. The SMILES string of the molecule is Nc1ccccc1NC(=O)C(F)F. The molecule has 0 aliphatic rings. The number of carbonyl (C=O) groups excluding carboxylic acids is 1. The molecular formula is C8H8F2N2O. The first-order chi connectivity index (χ1) is 6.11. The number of nitrogen functional groups attached to an aromatic ring is 1. The van der Waals surface area contributed by atoms with Crippen molar-refractivity contribution in [2.75, 3.05) is 11.1 Å². The molecule has 0 radical (unpaired) electrons. The Morgan fingerprint density at radius 3 is 2.54 bits per heavy atom. The Hall–Kier alpha value is -1.65. The number of amides is 1. The zero-order chi connectivity index (χ0) is 9.84. The van der Waals surface area contributed by atoms with Gasteiger partial charge in [0.1, 0.15) is 0 Å². The molecule has 1 aromatic carbocycles. The second-order valence-electron chi connectivity index (χ2n) is 2.38. The van der Waals surface area contributed by atoms with E-state index in [2.05, 4.69) is 0 Å². The van der Waals surface area contributed by atoms with Gasteiger partial charge in [0.15, 0.2) is 0 Å². The molecule has 70 valence electrons. The van der Waals surface area contributed by atoms with Crippen LogP contribution >= 0.6 is 0 Å². The van der Waals surface area contributed by atoms with Crippen molar-refractivity contribution < 1.29 is 13.6 Å². The molecule has 1 amide bonds. The summed E-state index contributed by atoms with van der Waals surface area (Å²) >= 11 is 0. The number of hydrogen-bond acceptors (Lipinski definition) is 2. The summed E-state index contributed by atoms with van der Waals surface area (Å²) in [6.07, 6.45) is -3.03. The summed E-state index contributed by atoms with van der Waals surface area (Å²) in [7, 11) is 0. The van der Waals surface area contributed by atoms with Crippen LogP contribution in [0.25, 0.3) is 0 Å². The molecule has 0 bridgehead atoms. The summed E-state index contributed by atoms with van der Waals surface area (Å²) in [6.45, 7) is 0. The molecule has 0 spiro atoms. The summed E-state index contributed by atoms with van der Waals surface area (Å²) in [6, 6.07) is 6.21. The van der Waals surface area contributed by atoms with Crippen molar-refractivity contribution in [3.05, 3.63) is 24.3 Å². The van der Waals surface area contributed by atoms with Gasteiger partial charge in [0.2, 0.25) is 0 Å². The van der Waals surface area contributed by atoms with E-state index in [0.717, 1.165) is 0 Å². The molecule has 0 aliphatic heterocycles. The number of halogens is 2. The number of nitrogens with one attached hydrogen (secondary N) is 1. The van der Waals surface area contributed by atoms with E-state index < -0.39 is 12.3 Å². The van der Waals surface area contributed by atoms with E-state index in [1.54, 1.807) is 12.1 Å². The lowest BCUT2D eigenvalue weighted by Crippen LogP contribution is -2.20. The predicted octanol–water partition coefficient (Wildman–Crippen LogP) is 1.47. The minimum Gasteiger partial charge on any atom is -0.397 e. The van der Waals surface area contributed by atoms with Gasteiger partial charge in [0.25, 0.3) is 5.91 Å². The summed E-state index contributed by atoms with van der Waals surface area (Å²) in [5.41, 5.74) is 5.87. The molecule has 0 saturated heterocycles. The van der Waals surface area contributed by atoms with Gasteiger partial charge in [-0.15, -0.1) is 0 Å². The third kappa shape index (κ3) is 2.40. The normalized spacial score (nSPS) is 10.1. The van der Waals surface area contributed by atoms with Gasteiger partial charge in [-0.3, -0.25) is 4.79 Å². The average Bonchev–Trinajstić information content (AvgIpc) is 2.08. The Morgan fingerprint density at radius 2 is 2.00 bits per heavy atom. The fourth-order valence-corrected chi connectivity index (χ4v) is 0.798. The first kappa shape index (κ1) is 9.44. The van der Waals surface area contributed by atoms with Crippen LogP contribution in [0.15, 0.2) is 24.3 Å². The van der Waals surface area contributed by atoms with Crippen LogP contribution in [0.5, 0.6) is 0 Å². The topological polar surface area (TPSA) is 55.1 Å². The van der Waals surface area contributed by atoms with Crippen LogP contribution in [0.4, 0.5) is 20.2 Å². The van der Waals surface area contributed by atoms with Crippen LogP contribution < -0.4 is 11.1 Å². The van der Waals surface area contributed by atoms with Crippen molar-refractivity contribution in [3.63, 3.8) is 0 Å². The Kier molecular flexibility index (Phi) is 2.79. The van der Waals surface area contributed by atoms with Gasteiger partial charge >= 0.3 is 6.43 Å². The van der Waals surface area contributed by atoms with Gasteiger partial charge < -0.3 is 11.1 Å². The predicted molar refractivity (Wildman–Crippen MR) is 45.5 cm³/mol. The highest BCUT2D eigenvalue weighted by Gasteiger charge is 2.15. The van der Waals surface area contributed by atoms with Crippen LogP contribution in [-0.4, -0.2) is 12.3 Å². The van der Waals surface area contributed by atoms with Crippen molar-refractivity contribution in [3.8, 4) is 0 Å². The van der Waals surface area contributed by atoms with E-state index in [1.807, 2.05) is 5.32 Å². The number of anilines is 2. The number of carbonyl (C=O) groups is 1. The van der Waals surface area contributed by atoms with E-state index in [1.165, 1.54) is 12.1 Å². The zero-order valence-electron chi connectivity index (χ0n) is 6.63. The van der Waals surface area contributed by atoms with E-state index in [0.29, 0.717) is 0 Å². The molecule has 0 aliphatic carbocycles. The Morgan fingerprint density at radius 1 is 1.38 bits per heavy atom. The lowest BCUT2D eigenvalue weighted by atomic mass is 10.3. The van der Waals surface area contributed by atoms with E-state index in [-0.39, 0.29) is 11.4 Å². The molecule has 0 heterocycles. The van der Waals surface area contributed by atoms with Crippen LogP contribution in [0.3, 0.4) is 0 Å². The Bertz CT molecular complexity index is 315. The molecule has 0 fully saturated rings. The van der Waals surface area contributed by atoms with Gasteiger partial charge in [-0.2, -0.15) is 8.78 Å². The molecule has 0 saturated carbocycles. The lowest BCUT2D eigenvalue weighted by molar-refractivity contribution is -0.126. The van der Waals surface area contributed by atoms with E-state index in [9.17, 15) is 13.6 Å². The Balaban J connectivity index is 2.75. The van der Waals surface area contributed by atoms with Gasteiger partial charge in [-0.05, 0) is 12.1 Å². The maximum absolute atomic E-state index is 11.8. The molecule has 3 N–H and O–H groups in total. The monoisotopic (exact) mass is 186 g/mol. The summed E-state index contributed by atoms with van der Waals surface area (Å²) in [5.74, 6) is -1.35. The molecule has 13 heavy (non-hydrogen) atoms. The van der Waals surface area contributed by atoms with Crippen molar-refractivity contribution in [1.82, 2.24) is 0 Å². The van der Waals surface area contributed by atoms with Gasteiger partial charge in [-0.1, -0.05) is 12.1 Å². The number of nitrogens with two attached hydrogens (primary N) is 1. The van der Waals surface area contributed by atoms with E-state index in [4.69, 9.17) is 5.73 Å². The molecular weight excluding hydrogens is 178 g/mol. The first-order valence-corrected chi connectivity index (χ1v) is 3.55. The number of hydrogen-bond donors (Lipinski definition) is 2. The van der Waals surface area contributed by atoms with E-state index >= 15 is 0 Å². The minimum absolute atomic E-state index is 0.202. The molecule has 3 nitrogen and oxygen atoms in total. The number of rotatable bonds is 2. The average molecular weight is 186 g/mol. The van der Waals surface area contributed by atoms with Crippen LogP contribution in [-0.2, 0) is 4.79 Å². The highest BCUT2D eigenvalue weighted by Crippen LogP contribution is 2.17. The fourth-order valence-electron chi connectivity index (χ4n) is 0.798. The van der Waals surface area contributed by atoms with Crippen molar-refractivity contribution in [1.29, 1.82) is 0 Å². The van der Waals surface area contributed by atoms with Crippen molar-refractivity contribution >= 4 is 17.3 Å². The van der Waals surface area contributed by atoms with Crippen LogP contribution in [0.1, 0.15) is 0 Å².